The second-order valence-electron chi connectivity index (χ2n) is 7.18. The fourth-order valence-corrected chi connectivity index (χ4v) is 4.38. The number of alkyl halides is 3. The van der Waals surface area contributed by atoms with Gasteiger partial charge in [-0.3, -0.25) is 9.89 Å². The van der Waals surface area contributed by atoms with Crippen LogP contribution in [0.25, 0.3) is 10.6 Å². The van der Waals surface area contributed by atoms with Gasteiger partial charge < -0.3 is 10.2 Å². The number of anilines is 1. The number of para-hydroxylation sites is 1. The SMILES string of the molecule is O=C(NCc1cc(-c2cccs2)[nH]n1)c1cccc(C(F)(F)F)c1N1CCCCC1. The number of hydrogen-bond acceptors (Lipinski definition) is 4. The molecular formula is C21H21F3N4OS. The van der Waals surface area contributed by atoms with E-state index in [-0.39, 0.29) is 17.8 Å². The number of benzene rings is 1. The summed E-state index contributed by atoms with van der Waals surface area (Å²) in [6.45, 7) is 1.14. The standard InChI is InChI=1S/C21H21F3N4OS/c22-21(23,24)16-7-4-6-15(19(16)28-9-2-1-3-10-28)20(29)25-13-14-12-17(27-26-14)18-8-5-11-30-18/h4-8,11-12H,1-3,9-10,13H2,(H,25,29)(H,26,27). The van der Waals surface area contributed by atoms with Crippen molar-refractivity contribution < 1.29 is 18.0 Å². The molecule has 0 saturated carbocycles. The van der Waals surface area contributed by atoms with Crippen LogP contribution < -0.4 is 10.2 Å². The van der Waals surface area contributed by atoms with Crippen molar-refractivity contribution in [1.29, 1.82) is 0 Å². The van der Waals surface area contributed by atoms with E-state index < -0.39 is 17.6 Å². The third kappa shape index (κ3) is 4.35. The number of carbonyl (C=O) groups is 1. The molecule has 2 aromatic heterocycles. The molecule has 1 fully saturated rings. The van der Waals surface area contributed by atoms with Gasteiger partial charge in [-0.25, -0.2) is 0 Å². The summed E-state index contributed by atoms with van der Waals surface area (Å²) in [5.41, 5.74) is 0.696. The Labute approximate surface area is 175 Å². The minimum absolute atomic E-state index is 0.0245. The number of rotatable bonds is 5. The molecule has 0 spiro atoms. The number of carbonyl (C=O) groups excluding carboxylic acids is 1. The maximum Gasteiger partial charge on any atom is 0.418 e. The molecule has 1 amide bonds. The summed E-state index contributed by atoms with van der Waals surface area (Å²) in [5, 5.41) is 11.8. The zero-order valence-corrected chi connectivity index (χ0v) is 16.9. The number of halogens is 3. The third-order valence-electron chi connectivity index (χ3n) is 5.11. The van der Waals surface area contributed by atoms with Crippen LogP contribution in [-0.2, 0) is 12.7 Å². The number of thiophene rings is 1. The zero-order valence-electron chi connectivity index (χ0n) is 16.1. The minimum Gasteiger partial charge on any atom is -0.370 e. The molecule has 4 rings (SSSR count). The maximum atomic E-state index is 13.7. The van der Waals surface area contributed by atoms with Crippen molar-refractivity contribution in [3.63, 3.8) is 0 Å². The summed E-state index contributed by atoms with van der Waals surface area (Å²) in [6.07, 6.45) is -1.92. The van der Waals surface area contributed by atoms with Crippen molar-refractivity contribution in [2.24, 2.45) is 0 Å². The van der Waals surface area contributed by atoms with Gasteiger partial charge in [-0.05, 0) is 48.9 Å². The van der Waals surface area contributed by atoms with Crippen LogP contribution in [-0.4, -0.2) is 29.2 Å². The molecule has 1 saturated heterocycles. The Balaban J connectivity index is 1.56. The maximum absolute atomic E-state index is 13.7. The van der Waals surface area contributed by atoms with Gasteiger partial charge in [0, 0.05) is 13.1 Å². The van der Waals surface area contributed by atoms with Gasteiger partial charge in [0.2, 0.25) is 0 Å². The summed E-state index contributed by atoms with van der Waals surface area (Å²) >= 11 is 1.56. The zero-order chi connectivity index (χ0) is 21.1. The Morgan fingerprint density at radius 3 is 2.67 bits per heavy atom. The Hall–Kier alpha value is -2.81. The van der Waals surface area contributed by atoms with Crippen LogP contribution in [0.5, 0.6) is 0 Å². The van der Waals surface area contributed by atoms with Gasteiger partial charge in [0.05, 0.1) is 39.6 Å². The molecule has 3 aromatic rings. The fraction of sp³-hybridized carbons (Fsp3) is 0.333. The molecule has 9 heteroatoms. The predicted molar refractivity (Wildman–Crippen MR) is 111 cm³/mol. The third-order valence-corrected chi connectivity index (χ3v) is 6.01. The Bertz CT molecular complexity index is 1010. The van der Waals surface area contributed by atoms with Gasteiger partial charge in [-0.2, -0.15) is 18.3 Å². The minimum atomic E-state index is -4.53. The first-order chi connectivity index (χ1) is 14.4. The number of amides is 1. The molecule has 158 valence electrons. The van der Waals surface area contributed by atoms with Crippen LogP contribution in [0, 0.1) is 0 Å². The average molecular weight is 434 g/mol. The molecule has 0 aliphatic carbocycles. The van der Waals surface area contributed by atoms with Gasteiger partial charge in [-0.15, -0.1) is 11.3 Å². The fourth-order valence-electron chi connectivity index (χ4n) is 3.69. The smallest absolute Gasteiger partial charge is 0.370 e. The lowest BCUT2D eigenvalue weighted by Gasteiger charge is -2.32. The number of aromatic nitrogens is 2. The number of nitrogens with one attached hydrogen (secondary N) is 2. The largest absolute Gasteiger partial charge is 0.418 e. The summed E-state index contributed by atoms with van der Waals surface area (Å²) in [4.78, 5) is 15.6. The van der Waals surface area contributed by atoms with E-state index in [9.17, 15) is 18.0 Å². The van der Waals surface area contributed by atoms with E-state index in [0.717, 1.165) is 35.9 Å². The number of piperidine rings is 1. The molecule has 0 radical (unpaired) electrons. The predicted octanol–water partition coefficient (Wildman–Crippen LogP) is 5.08. The molecule has 1 aromatic carbocycles. The lowest BCUT2D eigenvalue weighted by molar-refractivity contribution is -0.137. The highest BCUT2D eigenvalue weighted by atomic mass is 32.1. The lowest BCUT2D eigenvalue weighted by Crippen LogP contribution is -2.34. The summed E-state index contributed by atoms with van der Waals surface area (Å²) < 4.78 is 41.0. The quantitative estimate of drug-likeness (QED) is 0.589. The van der Waals surface area contributed by atoms with Crippen LogP contribution in [0.3, 0.4) is 0 Å². The number of hydrogen-bond donors (Lipinski definition) is 2. The van der Waals surface area contributed by atoms with E-state index >= 15 is 0 Å². The highest BCUT2D eigenvalue weighted by molar-refractivity contribution is 7.13. The second kappa shape index (κ2) is 8.51. The van der Waals surface area contributed by atoms with E-state index in [1.165, 1.54) is 12.1 Å². The topological polar surface area (TPSA) is 61.0 Å². The summed E-state index contributed by atoms with van der Waals surface area (Å²) in [5.74, 6) is -0.539. The van der Waals surface area contributed by atoms with Gasteiger partial charge in [-0.1, -0.05) is 12.1 Å². The summed E-state index contributed by atoms with van der Waals surface area (Å²) in [7, 11) is 0. The highest BCUT2D eigenvalue weighted by Crippen LogP contribution is 2.39. The number of H-pyrrole nitrogens is 1. The first-order valence-corrected chi connectivity index (χ1v) is 10.6. The highest BCUT2D eigenvalue weighted by Gasteiger charge is 2.37. The van der Waals surface area contributed by atoms with Gasteiger partial charge in [0.1, 0.15) is 0 Å². The Morgan fingerprint density at radius 2 is 1.97 bits per heavy atom. The van der Waals surface area contributed by atoms with E-state index in [0.29, 0.717) is 18.8 Å². The molecule has 1 aliphatic rings. The molecule has 0 atom stereocenters. The van der Waals surface area contributed by atoms with Crippen LogP contribution >= 0.6 is 11.3 Å². The van der Waals surface area contributed by atoms with Crippen molar-refractivity contribution in [3.05, 3.63) is 58.6 Å². The second-order valence-corrected chi connectivity index (χ2v) is 8.13. The number of aromatic amines is 1. The van der Waals surface area contributed by atoms with Crippen LogP contribution in [0.4, 0.5) is 18.9 Å². The first-order valence-electron chi connectivity index (χ1n) is 9.75. The van der Waals surface area contributed by atoms with Gasteiger partial charge in [0.15, 0.2) is 0 Å². The van der Waals surface area contributed by atoms with E-state index in [1.54, 1.807) is 16.2 Å². The van der Waals surface area contributed by atoms with Crippen molar-refractivity contribution >= 4 is 22.9 Å². The Kier molecular flexibility index (Phi) is 5.80. The lowest BCUT2D eigenvalue weighted by atomic mass is 10.0. The molecular weight excluding hydrogens is 413 g/mol. The normalized spacial score (nSPS) is 14.7. The molecule has 1 aliphatic heterocycles. The van der Waals surface area contributed by atoms with Crippen LogP contribution in [0.2, 0.25) is 0 Å². The van der Waals surface area contributed by atoms with Gasteiger partial charge >= 0.3 is 6.18 Å². The van der Waals surface area contributed by atoms with Crippen molar-refractivity contribution in [1.82, 2.24) is 15.5 Å². The van der Waals surface area contributed by atoms with Crippen LogP contribution in [0.15, 0.2) is 41.8 Å². The first kappa shape index (κ1) is 20.5. The van der Waals surface area contributed by atoms with Crippen LogP contribution in [0.1, 0.15) is 40.9 Å². The van der Waals surface area contributed by atoms with E-state index in [1.807, 2.05) is 23.6 Å². The number of nitrogens with zero attached hydrogens (tertiary/aromatic N) is 2. The monoisotopic (exact) mass is 434 g/mol. The molecule has 0 unspecified atom stereocenters. The molecule has 30 heavy (non-hydrogen) atoms. The van der Waals surface area contributed by atoms with Crippen molar-refractivity contribution in [2.75, 3.05) is 18.0 Å². The molecule has 0 bridgehead atoms. The Morgan fingerprint density at radius 1 is 1.17 bits per heavy atom. The summed E-state index contributed by atoms with van der Waals surface area (Å²) in [6, 6.07) is 9.49. The molecule has 2 N–H and O–H groups in total. The van der Waals surface area contributed by atoms with E-state index in [4.69, 9.17) is 0 Å². The molecule has 3 heterocycles. The average Bonchev–Trinajstić information content (AvgIpc) is 3.43. The van der Waals surface area contributed by atoms with Gasteiger partial charge in [0.25, 0.3) is 5.91 Å². The van der Waals surface area contributed by atoms with Crippen molar-refractivity contribution in [2.45, 2.75) is 32.0 Å². The molecule has 5 nitrogen and oxygen atoms in total. The van der Waals surface area contributed by atoms with Crippen molar-refractivity contribution in [3.8, 4) is 10.6 Å². The van der Waals surface area contributed by atoms with E-state index in [2.05, 4.69) is 15.5 Å².